The molecule has 1 rings (SSSR count). The van der Waals surface area contributed by atoms with E-state index in [1.165, 1.54) is 127 Å². The van der Waals surface area contributed by atoms with Crippen LogP contribution in [-0.4, -0.2) is 55.2 Å². The molecule has 0 radical (unpaired) electrons. The first-order chi connectivity index (χ1) is 15.8. The molecule has 1 aliphatic heterocycles. The number of thioether (sulfide) groups is 1. The Bertz CT molecular complexity index is 405. The molecule has 0 aromatic rings. The zero-order chi connectivity index (χ0) is 23.0. The first kappa shape index (κ1) is 29.6. The van der Waals surface area contributed by atoms with Crippen molar-refractivity contribution in [3.63, 3.8) is 0 Å². The monoisotopic (exact) mass is 470 g/mol. The number of carbonyl (C=O) groups is 1. The number of rotatable bonds is 22. The second kappa shape index (κ2) is 23.7. The van der Waals surface area contributed by atoms with E-state index in [9.17, 15) is 4.79 Å². The van der Waals surface area contributed by atoms with Gasteiger partial charge in [-0.2, -0.15) is 11.8 Å². The lowest BCUT2D eigenvalue weighted by atomic mass is 10.1. The van der Waals surface area contributed by atoms with Gasteiger partial charge in [0.25, 0.3) is 0 Å². The molecule has 2 amide bonds. The molecule has 0 bridgehead atoms. The average Bonchev–Trinajstić information content (AvgIpc) is 2.81. The van der Waals surface area contributed by atoms with Crippen molar-refractivity contribution in [3.05, 3.63) is 0 Å². The third-order valence-corrected chi connectivity index (χ3v) is 7.34. The van der Waals surface area contributed by atoms with Gasteiger partial charge in [0.1, 0.15) is 0 Å². The number of hydrogen-bond acceptors (Lipinski definition) is 4. The van der Waals surface area contributed by atoms with E-state index < -0.39 is 0 Å². The van der Waals surface area contributed by atoms with E-state index in [-0.39, 0.29) is 6.03 Å². The SMILES string of the molecule is CCCCCCCCCCNC(=O)NNCCCCCCCCCCCN1CCSCC1. The maximum absolute atomic E-state index is 11.7. The molecule has 0 spiro atoms. The van der Waals surface area contributed by atoms with Crippen molar-refractivity contribution in [2.24, 2.45) is 0 Å². The van der Waals surface area contributed by atoms with Gasteiger partial charge in [-0.05, 0) is 25.8 Å². The Hall–Kier alpha value is -0.460. The number of hydrazine groups is 1. The largest absolute Gasteiger partial charge is 0.337 e. The van der Waals surface area contributed by atoms with E-state index in [0.717, 1.165) is 25.9 Å². The minimum Gasteiger partial charge on any atom is -0.337 e. The number of nitrogens with one attached hydrogen (secondary N) is 3. The molecule has 0 unspecified atom stereocenters. The molecule has 0 aromatic carbocycles. The minimum atomic E-state index is -0.0906. The number of nitrogens with zero attached hydrogens (tertiary/aromatic N) is 1. The van der Waals surface area contributed by atoms with Crippen molar-refractivity contribution in [1.82, 2.24) is 21.1 Å². The lowest BCUT2D eigenvalue weighted by Crippen LogP contribution is -2.44. The summed E-state index contributed by atoms with van der Waals surface area (Å²) in [4.78, 5) is 14.4. The van der Waals surface area contributed by atoms with Gasteiger partial charge in [-0.3, -0.25) is 5.43 Å². The zero-order valence-corrected chi connectivity index (χ0v) is 22.1. The van der Waals surface area contributed by atoms with Gasteiger partial charge < -0.3 is 10.2 Å². The van der Waals surface area contributed by atoms with Crippen LogP contribution in [0, 0.1) is 0 Å². The summed E-state index contributed by atoms with van der Waals surface area (Å²) >= 11 is 2.10. The fourth-order valence-corrected chi connectivity index (χ4v) is 5.24. The minimum absolute atomic E-state index is 0.0906. The molecule has 32 heavy (non-hydrogen) atoms. The summed E-state index contributed by atoms with van der Waals surface area (Å²) in [6.45, 7) is 7.82. The Balaban J connectivity index is 1.70. The fraction of sp³-hybridized carbons (Fsp3) is 0.962. The van der Waals surface area contributed by atoms with Gasteiger partial charge in [0.15, 0.2) is 0 Å². The average molecular weight is 471 g/mol. The lowest BCUT2D eigenvalue weighted by Gasteiger charge is -2.25. The lowest BCUT2D eigenvalue weighted by molar-refractivity contribution is 0.236. The van der Waals surface area contributed by atoms with Crippen molar-refractivity contribution >= 4 is 17.8 Å². The summed E-state index contributed by atoms with van der Waals surface area (Å²) in [6.07, 6.45) is 22.4. The first-order valence-corrected chi connectivity index (χ1v) is 15.0. The quantitative estimate of drug-likeness (QED) is 0.125. The highest BCUT2D eigenvalue weighted by Crippen LogP contribution is 2.12. The van der Waals surface area contributed by atoms with E-state index in [4.69, 9.17) is 0 Å². The van der Waals surface area contributed by atoms with Crippen molar-refractivity contribution < 1.29 is 4.79 Å². The number of carbonyl (C=O) groups excluding carboxylic acids is 1. The van der Waals surface area contributed by atoms with Crippen molar-refractivity contribution in [1.29, 1.82) is 0 Å². The Morgan fingerprint density at radius 1 is 0.688 bits per heavy atom. The molecule has 190 valence electrons. The summed E-state index contributed by atoms with van der Waals surface area (Å²) in [7, 11) is 0. The van der Waals surface area contributed by atoms with Crippen LogP contribution in [0.5, 0.6) is 0 Å². The predicted octanol–water partition coefficient (Wildman–Crippen LogP) is 6.49. The van der Waals surface area contributed by atoms with Crippen LogP contribution in [0.4, 0.5) is 4.79 Å². The van der Waals surface area contributed by atoms with Crippen LogP contribution < -0.4 is 16.2 Å². The van der Waals surface area contributed by atoms with Gasteiger partial charge in [-0.15, -0.1) is 0 Å². The third-order valence-electron chi connectivity index (χ3n) is 6.40. The van der Waals surface area contributed by atoms with E-state index in [1.807, 2.05) is 0 Å². The Morgan fingerprint density at radius 3 is 1.78 bits per heavy atom. The zero-order valence-electron chi connectivity index (χ0n) is 21.2. The summed E-state index contributed by atoms with van der Waals surface area (Å²) < 4.78 is 0. The molecular formula is C26H54N4OS. The topological polar surface area (TPSA) is 56.4 Å². The van der Waals surface area contributed by atoms with Crippen LogP contribution in [0.3, 0.4) is 0 Å². The molecule has 1 aliphatic rings. The molecule has 6 heteroatoms. The van der Waals surface area contributed by atoms with Crippen LogP contribution in [0.25, 0.3) is 0 Å². The van der Waals surface area contributed by atoms with Crippen LogP contribution in [0.2, 0.25) is 0 Å². The second-order valence-electron chi connectivity index (χ2n) is 9.42. The Labute approximate surface area is 204 Å². The molecule has 0 aliphatic carbocycles. The molecule has 1 fully saturated rings. The van der Waals surface area contributed by atoms with Gasteiger partial charge >= 0.3 is 6.03 Å². The van der Waals surface area contributed by atoms with Gasteiger partial charge in [0, 0.05) is 37.7 Å². The van der Waals surface area contributed by atoms with Crippen LogP contribution in [0.1, 0.15) is 116 Å². The number of amides is 2. The molecule has 0 atom stereocenters. The molecule has 0 saturated carbocycles. The van der Waals surface area contributed by atoms with Gasteiger partial charge in [0.2, 0.25) is 0 Å². The van der Waals surface area contributed by atoms with Gasteiger partial charge in [-0.1, -0.05) is 96.8 Å². The summed E-state index contributed by atoms with van der Waals surface area (Å²) in [5.74, 6) is 2.66. The molecule has 5 nitrogen and oxygen atoms in total. The highest BCUT2D eigenvalue weighted by molar-refractivity contribution is 7.99. The van der Waals surface area contributed by atoms with E-state index in [1.54, 1.807) is 0 Å². The van der Waals surface area contributed by atoms with Crippen LogP contribution >= 0.6 is 11.8 Å². The van der Waals surface area contributed by atoms with Crippen LogP contribution in [0.15, 0.2) is 0 Å². The standard InChI is InChI=1S/C26H54N4OS/c1-2-3-4-5-6-10-13-16-19-27-26(31)29-28-20-17-14-11-8-7-9-12-15-18-21-30-22-24-32-25-23-30/h28H,2-25H2,1H3,(H2,27,29,31). The van der Waals surface area contributed by atoms with Crippen molar-refractivity contribution in [2.45, 2.75) is 116 Å². The van der Waals surface area contributed by atoms with Crippen LogP contribution in [-0.2, 0) is 0 Å². The predicted molar refractivity (Wildman–Crippen MR) is 142 cm³/mol. The van der Waals surface area contributed by atoms with Gasteiger partial charge in [0.05, 0.1) is 0 Å². The summed E-state index contributed by atoms with van der Waals surface area (Å²) in [5.41, 5.74) is 5.81. The normalized spacial score (nSPS) is 14.5. The maximum Gasteiger partial charge on any atom is 0.329 e. The second-order valence-corrected chi connectivity index (χ2v) is 10.6. The van der Waals surface area contributed by atoms with E-state index >= 15 is 0 Å². The highest BCUT2D eigenvalue weighted by Gasteiger charge is 2.08. The molecular weight excluding hydrogens is 416 g/mol. The summed E-state index contributed by atoms with van der Waals surface area (Å²) in [5, 5.41) is 2.94. The van der Waals surface area contributed by atoms with Gasteiger partial charge in [-0.25, -0.2) is 10.2 Å². The fourth-order valence-electron chi connectivity index (χ4n) is 4.26. The van der Waals surface area contributed by atoms with Crippen molar-refractivity contribution in [2.75, 3.05) is 44.2 Å². The third kappa shape index (κ3) is 20.2. The number of hydrogen-bond donors (Lipinski definition) is 3. The van der Waals surface area contributed by atoms with E-state index in [0.29, 0.717) is 0 Å². The molecule has 1 saturated heterocycles. The Kier molecular flexibility index (Phi) is 21.9. The smallest absolute Gasteiger partial charge is 0.329 e. The molecule has 0 aromatic heterocycles. The highest BCUT2D eigenvalue weighted by atomic mass is 32.2. The number of unbranched alkanes of at least 4 members (excludes halogenated alkanes) is 15. The van der Waals surface area contributed by atoms with Crippen molar-refractivity contribution in [3.8, 4) is 0 Å². The van der Waals surface area contributed by atoms with E-state index in [2.05, 4.69) is 39.8 Å². The Morgan fingerprint density at radius 2 is 1.19 bits per heavy atom. The first-order valence-electron chi connectivity index (χ1n) is 13.9. The molecule has 1 heterocycles. The maximum atomic E-state index is 11.7. The summed E-state index contributed by atoms with van der Waals surface area (Å²) in [6, 6.07) is -0.0906. The number of urea groups is 1. The molecule has 3 N–H and O–H groups in total.